The first-order chi connectivity index (χ1) is 6.02. The fourth-order valence-electron chi connectivity index (χ4n) is 0.932. The van der Waals surface area contributed by atoms with Gasteiger partial charge in [0, 0.05) is 0 Å². The minimum absolute atomic E-state index is 0.0373. The van der Waals surface area contributed by atoms with Crippen LogP contribution in [0, 0.1) is 5.92 Å². The van der Waals surface area contributed by atoms with Crippen LogP contribution in [0.15, 0.2) is 12.2 Å². The maximum absolute atomic E-state index is 12.1. The number of allylic oxidation sites excluding steroid dienone is 2. The second-order valence-corrected chi connectivity index (χ2v) is 2.82. The van der Waals surface area contributed by atoms with Crippen molar-refractivity contribution >= 4 is 0 Å². The summed E-state index contributed by atoms with van der Waals surface area (Å²) in [5.74, 6) is -1.38. The summed E-state index contributed by atoms with van der Waals surface area (Å²) in [5, 5.41) is 0. The smallest absolute Gasteiger partial charge is 0.251 e. The molecular weight excluding hydrogens is 184 g/mol. The number of unbranched alkanes of at least 4 members (excludes halogenated alkanes) is 1. The highest BCUT2D eigenvalue weighted by Crippen LogP contribution is 2.29. The Morgan fingerprint density at radius 3 is 2.31 bits per heavy atom. The zero-order valence-corrected chi connectivity index (χ0v) is 7.57. The normalized spacial score (nSPS) is 15.2. The molecule has 0 saturated carbocycles. The molecule has 0 saturated heterocycles. The van der Waals surface area contributed by atoms with E-state index in [2.05, 4.69) is 0 Å². The van der Waals surface area contributed by atoms with E-state index in [4.69, 9.17) is 0 Å². The summed E-state index contributed by atoms with van der Waals surface area (Å²) in [5.41, 5.74) is 0. The Hall–Kier alpha value is -0.540. The fourth-order valence-corrected chi connectivity index (χ4v) is 0.932. The largest absolute Gasteiger partial charge is 0.395 e. The van der Waals surface area contributed by atoms with Crippen LogP contribution < -0.4 is 0 Å². The molecule has 0 radical (unpaired) electrons. The summed E-state index contributed by atoms with van der Waals surface area (Å²) in [6.45, 7) is 1.00. The third kappa shape index (κ3) is 5.66. The monoisotopic (exact) mass is 198 g/mol. The van der Waals surface area contributed by atoms with Crippen LogP contribution in [-0.2, 0) is 0 Å². The van der Waals surface area contributed by atoms with E-state index in [1.807, 2.05) is 0 Å². The van der Waals surface area contributed by atoms with Gasteiger partial charge in [0.25, 0.3) is 0 Å². The summed E-state index contributed by atoms with van der Waals surface area (Å²) < 4.78 is 47.9. The van der Waals surface area contributed by atoms with Crippen LogP contribution in [0.3, 0.4) is 0 Å². The zero-order valence-electron chi connectivity index (χ0n) is 7.57. The van der Waals surface area contributed by atoms with Gasteiger partial charge in [-0.25, -0.2) is 0 Å². The van der Waals surface area contributed by atoms with Gasteiger partial charge in [-0.05, 0) is 19.3 Å². The minimum Gasteiger partial charge on any atom is -0.251 e. The van der Waals surface area contributed by atoms with Gasteiger partial charge in [0.2, 0.25) is 0 Å². The highest BCUT2D eigenvalue weighted by atomic mass is 19.4. The molecule has 0 bridgehead atoms. The second kappa shape index (κ2) is 6.00. The molecule has 0 heterocycles. The molecule has 4 heteroatoms. The third-order valence-electron chi connectivity index (χ3n) is 1.73. The molecule has 0 aromatic heterocycles. The van der Waals surface area contributed by atoms with Gasteiger partial charge in [-0.2, -0.15) is 13.2 Å². The number of halogens is 4. The molecule has 0 aromatic rings. The van der Waals surface area contributed by atoms with Crippen molar-refractivity contribution in [2.45, 2.75) is 32.4 Å². The topological polar surface area (TPSA) is 0 Å². The van der Waals surface area contributed by atoms with Gasteiger partial charge in [0.05, 0.1) is 12.6 Å². The van der Waals surface area contributed by atoms with E-state index >= 15 is 0 Å². The van der Waals surface area contributed by atoms with Gasteiger partial charge in [-0.15, -0.1) is 0 Å². The standard InChI is InChI=1S/C9H14F4/c1-2-8(9(11,12)13)6-4-3-5-7-10/h4,6,8H,2-3,5,7H2,1H3. The first-order valence-electron chi connectivity index (χ1n) is 4.31. The first-order valence-corrected chi connectivity index (χ1v) is 4.31. The molecule has 1 unspecified atom stereocenters. The first kappa shape index (κ1) is 12.5. The Labute approximate surface area is 75.6 Å². The average Bonchev–Trinajstić information content (AvgIpc) is 2.02. The van der Waals surface area contributed by atoms with E-state index in [0.29, 0.717) is 12.8 Å². The fraction of sp³-hybridized carbons (Fsp3) is 0.778. The minimum atomic E-state index is -4.17. The Morgan fingerprint density at radius 2 is 1.92 bits per heavy atom. The van der Waals surface area contributed by atoms with E-state index in [0.717, 1.165) is 6.08 Å². The average molecular weight is 198 g/mol. The van der Waals surface area contributed by atoms with Crippen LogP contribution in [0.5, 0.6) is 0 Å². The molecule has 0 aromatic carbocycles. The lowest BCUT2D eigenvalue weighted by Gasteiger charge is -2.13. The quantitative estimate of drug-likeness (QED) is 0.357. The molecule has 13 heavy (non-hydrogen) atoms. The Bertz CT molecular complexity index is 148. The number of rotatable bonds is 5. The Kier molecular flexibility index (Phi) is 5.75. The van der Waals surface area contributed by atoms with E-state index in [1.165, 1.54) is 13.0 Å². The summed E-state index contributed by atoms with van der Waals surface area (Å²) in [4.78, 5) is 0. The number of hydrogen-bond donors (Lipinski definition) is 0. The van der Waals surface area contributed by atoms with Crippen molar-refractivity contribution in [2.24, 2.45) is 5.92 Å². The lowest BCUT2D eigenvalue weighted by Crippen LogP contribution is -2.19. The van der Waals surface area contributed by atoms with Crippen molar-refractivity contribution < 1.29 is 17.6 Å². The van der Waals surface area contributed by atoms with E-state index < -0.39 is 18.8 Å². The summed E-state index contributed by atoms with van der Waals surface area (Å²) >= 11 is 0. The molecule has 0 spiro atoms. The maximum Gasteiger partial charge on any atom is 0.395 e. The molecular formula is C9H14F4. The predicted molar refractivity (Wildman–Crippen MR) is 44.2 cm³/mol. The highest BCUT2D eigenvalue weighted by molar-refractivity contribution is 4.91. The van der Waals surface area contributed by atoms with E-state index in [9.17, 15) is 17.6 Å². The van der Waals surface area contributed by atoms with Gasteiger partial charge in [-0.1, -0.05) is 19.1 Å². The number of alkyl halides is 4. The van der Waals surface area contributed by atoms with Crippen molar-refractivity contribution in [3.05, 3.63) is 12.2 Å². The van der Waals surface area contributed by atoms with Crippen LogP contribution in [0.4, 0.5) is 17.6 Å². The summed E-state index contributed by atoms with van der Waals surface area (Å²) in [7, 11) is 0. The van der Waals surface area contributed by atoms with Gasteiger partial charge < -0.3 is 0 Å². The van der Waals surface area contributed by atoms with Crippen LogP contribution in [0.1, 0.15) is 26.2 Å². The highest BCUT2D eigenvalue weighted by Gasteiger charge is 2.35. The SMILES string of the molecule is CCC(C=CCCCF)C(F)(F)F. The van der Waals surface area contributed by atoms with Crippen LogP contribution in [0.25, 0.3) is 0 Å². The predicted octanol–water partition coefficient (Wildman–Crippen LogP) is 3.88. The van der Waals surface area contributed by atoms with Crippen molar-refractivity contribution in [3.8, 4) is 0 Å². The molecule has 0 aliphatic heterocycles. The third-order valence-corrected chi connectivity index (χ3v) is 1.73. The molecule has 0 rings (SSSR count). The lowest BCUT2D eigenvalue weighted by molar-refractivity contribution is -0.161. The lowest BCUT2D eigenvalue weighted by atomic mass is 10.1. The van der Waals surface area contributed by atoms with Crippen LogP contribution in [-0.4, -0.2) is 12.9 Å². The van der Waals surface area contributed by atoms with Crippen molar-refractivity contribution in [3.63, 3.8) is 0 Å². The van der Waals surface area contributed by atoms with Crippen molar-refractivity contribution in [1.82, 2.24) is 0 Å². The maximum atomic E-state index is 12.1. The molecule has 78 valence electrons. The molecule has 0 amide bonds. The molecule has 1 atom stereocenters. The van der Waals surface area contributed by atoms with Crippen LogP contribution in [0.2, 0.25) is 0 Å². The Balaban J connectivity index is 3.91. The van der Waals surface area contributed by atoms with Crippen molar-refractivity contribution in [2.75, 3.05) is 6.67 Å². The van der Waals surface area contributed by atoms with E-state index in [-0.39, 0.29) is 6.42 Å². The summed E-state index contributed by atoms with van der Waals surface area (Å²) in [6, 6.07) is 0. The van der Waals surface area contributed by atoms with Gasteiger partial charge >= 0.3 is 6.18 Å². The molecule has 0 fully saturated rings. The van der Waals surface area contributed by atoms with E-state index in [1.54, 1.807) is 0 Å². The number of hydrogen-bond acceptors (Lipinski definition) is 0. The van der Waals surface area contributed by atoms with Crippen LogP contribution >= 0.6 is 0 Å². The van der Waals surface area contributed by atoms with Gasteiger partial charge in [-0.3, -0.25) is 4.39 Å². The Morgan fingerprint density at radius 1 is 1.31 bits per heavy atom. The van der Waals surface area contributed by atoms with Gasteiger partial charge in [0.1, 0.15) is 0 Å². The molecule has 0 aliphatic rings. The van der Waals surface area contributed by atoms with Crippen molar-refractivity contribution in [1.29, 1.82) is 0 Å². The summed E-state index contributed by atoms with van der Waals surface area (Å²) in [6.07, 6.45) is -0.929. The second-order valence-electron chi connectivity index (χ2n) is 2.82. The molecule has 0 nitrogen and oxygen atoms in total. The zero-order chi connectivity index (χ0) is 10.3. The molecule has 0 aliphatic carbocycles. The molecule has 0 N–H and O–H groups in total. The van der Waals surface area contributed by atoms with Gasteiger partial charge in [0.15, 0.2) is 0 Å².